The molecular formula is C24H22N4O3S2. The molecule has 1 amide bonds. The smallest absolute Gasteiger partial charge is 0.338 e. The van der Waals surface area contributed by atoms with E-state index >= 15 is 0 Å². The SMILES string of the molecule is Cc1csc(SCc2ccccc2C(=O)OCC(=O)Nc2cc(C)nn2-c2ccccc2)n1. The van der Waals surface area contributed by atoms with Gasteiger partial charge >= 0.3 is 5.97 Å². The van der Waals surface area contributed by atoms with Crippen molar-refractivity contribution in [1.82, 2.24) is 14.8 Å². The highest BCUT2D eigenvalue weighted by Crippen LogP contribution is 2.27. The first-order valence-electron chi connectivity index (χ1n) is 10.2. The number of aryl methyl sites for hydroxylation is 2. The van der Waals surface area contributed by atoms with Crippen molar-refractivity contribution in [3.63, 3.8) is 0 Å². The molecule has 0 fully saturated rings. The number of carbonyl (C=O) groups excluding carboxylic acids is 2. The van der Waals surface area contributed by atoms with E-state index in [0.717, 1.165) is 27.0 Å². The van der Waals surface area contributed by atoms with Crippen LogP contribution < -0.4 is 5.32 Å². The van der Waals surface area contributed by atoms with E-state index in [1.165, 1.54) is 0 Å². The summed E-state index contributed by atoms with van der Waals surface area (Å²) in [6, 6.07) is 18.5. The molecule has 4 aromatic rings. The number of hydrogen-bond donors (Lipinski definition) is 1. The van der Waals surface area contributed by atoms with Crippen LogP contribution in [0.3, 0.4) is 0 Å². The number of benzene rings is 2. The van der Waals surface area contributed by atoms with Gasteiger partial charge in [0.15, 0.2) is 6.61 Å². The number of thiazole rings is 1. The lowest BCUT2D eigenvalue weighted by molar-refractivity contribution is -0.119. The highest BCUT2D eigenvalue weighted by Gasteiger charge is 2.16. The number of anilines is 1. The van der Waals surface area contributed by atoms with Gasteiger partial charge in [0.25, 0.3) is 5.91 Å². The number of para-hydroxylation sites is 1. The van der Waals surface area contributed by atoms with Gasteiger partial charge < -0.3 is 10.1 Å². The summed E-state index contributed by atoms with van der Waals surface area (Å²) >= 11 is 3.14. The average Bonchev–Trinajstić information content (AvgIpc) is 3.41. The Morgan fingerprint density at radius 1 is 1.06 bits per heavy atom. The fourth-order valence-electron chi connectivity index (χ4n) is 3.13. The van der Waals surface area contributed by atoms with Gasteiger partial charge in [-0.25, -0.2) is 14.5 Å². The van der Waals surface area contributed by atoms with Crippen LogP contribution in [0.4, 0.5) is 5.82 Å². The minimum atomic E-state index is -0.538. The van der Waals surface area contributed by atoms with Crippen LogP contribution in [0, 0.1) is 13.8 Å². The summed E-state index contributed by atoms with van der Waals surface area (Å²) < 4.78 is 7.89. The zero-order valence-electron chi connectivity index (χ0n) is 18.1. The van der Waals surface area contributed by atoms with Crippen molar-refractivity contribution in [2.75, 3.05) is 11.9 Å². The molecule has 0 bridgehead atoms. The van der Waals surface area contributed by atoms with E-state index in [1.54, 1.807) is 46.0 Å². The molecule has 2 aromatic heterocycles. The van der Waals surface area contributed by atoms with E-state index in [0.29, 0.717) is 17.1 Å². The van der Waals surface area contributed by atoms with Gasteiger partial charge in [-0.05, 0) is 37.6 Å². The topological polar surface area (TPSA) is 86.1 Å². The number of rotatable bonds is 8. The Morgan fingerprint density at radius 2 is 1.82 bits per heavy atom. The van der Waals surface area contributed by atoms with Crippen molar-refractivity contribution in [1.29, 1.82) is 0 Å². The average molecular weight is 479 g/mol. The number of amides is 1. The predicted octanol–water partition coefficient (Wildman–Crippen LogP) is 5.03. The van der Waals surface area contributed by atoms with Crippen molar-refractivity contribution in [3.8, 4) is 5.69 Å². The lowest BCUT2D eigenvalue weighted by atomic mass is 10.1. The largest absolute Gasteiger partial charge is 0.452 e. The summed E-state index contributed by atoms with van der Waals surface area (Å²) in [5.74, 6) is 0.116. The summed E-state index contributed by atoms with van der Waals surface area (Å²) in [7, 11) is 0. The number of aromatic nitrogens is 3. The maximum Gasteiger partial charge on any atom is 0.338 e. The fraction of sp³-hybridized carbons (Fsp3) is 0.167. The molecule has 9 heteroatoms. The van der Waals surface area contributed by atoms with Crippen molar-refractivity contribution in [2.24, 2.45) is 0 Å². The Hall–Kier alpha value is -3.43. The molecule has 0 aliphatic heterocycles. The van der Waals surface area contributed by atoms with Gasteiger partial charge in [0.05, 0.1) is 16.9 Å². The van der Waals surface area contributed by atoms with Gasteiger partial charge in [0.2, 0.25) is 0 Å². The molecule has 0 aliphatic carbocycles. The Labute approximate surface area is 199 Å². The molecule has 0 unspecified atom stereocenters. The Balaban J connectivity index is 1.37. The molecule has 0 radical (unpaired) electrons. The van der Waals surface area contributed by atoms with E-state index in [1.807, 2.05) is 61.7 Å². The van der Waals surface area contributed by atoms with Crippen LogP contribution in [0.5, 0.6) is 0 Å². The molecule has 0 aliphatic rings. The van der Waals surface area contributed by atoms with Crippen LogP contribution in [0.25, 0.3) is 5.69 Å². The minimum absolute atomic E-state index is 0.398. The highest BCUT2D eigenvalue weighted by atomic mass is 32.2. The lowest BCUT2D eigenvalue weighted by Crippen LogP contribution is -2.22. The molecule has 2 aromatic carbocycles. The third kappa shape index (κ3) is 5.88. The zero-order chi connectivity index (χ0) is 23.2. The molecule has 33 heavy (non-hydrogen) atoms. The number of ether oxygens (including phenoxy) is 1. The quantitative estimate of drug-likeness (QED) is 0.282. The van der Waals surface area contributed by atoms with E-state index in [9.17, 15) is 9.59 Å². The van der Waals surface area contributed by atoms with E-state index in [4.69, 9.17) is 4.74 Å². The first-order chi connectivity index (χ1) is 16.0. The van der Waals surface area contributed by atoms with E-state index < -0.39 is 18.5 Å². The number of esters is 1. The second-order valence-corrected chi connectivity index (χ2v) is 9.32. The predicted molar refractivity (Wildman–Crippen MR) is 130 cm³/mol. The first-order valence-corrected chi connectivity index (χ1v) is 12.1. The molecule has 0 saturated carbocycles. The van der Waals surface area contributed by atoms with Gasteiger partial charge in [-0.1, -0.05) is 48.2 Å². The van der Waals surface area contributed by atoms with Crippen LogP contribution in [-0.4, -0.2) is 33.2 Å². The first kappa shape index (κ1) is 22.8. The Morgan fingerprint density at radius 3 is 2.58 bits per heavy atom. The number of nitrogens with zero attached hydrogens (tertiary/aromatic N) is 3. The van der Waals surface area contributed by atoms with Gasteiger partial charge in [0, 0.05) is 22.9 Å². The fourth-order valence-corrected chi connectivity index (χ4v) is 4.98. The molecule has 2 heterocycles. The number of nitrogens with one attached hydrogen (secondary N) is 1. The molecule has 0 saturated heterocycles. The summed E-state index contributed by atoms with van der Waals surface area (Å²) in [5, 5.41) is 9.19. The van der Waals surface area contributed by atoms with Crippen LogP contribution in [0.15, 0.2) is 70.4 Å². The number of carbonyl (C=O) groups is 2. The molecule has 0 atom stereocenters. The zero-order valence-corrected chi connectivity index (χ0v) is 19.8. The van der Waals surface area contributed by atoms with Crippen molar-refractivity contribution < 1.29 is 14.3 Å². The van der Waals surface area contributed by atoms with Crippen LogP contribution in [0.2, 0.25) is 0 Å². The van der Waals surface area contributed by atoms with E-state index in [2.05, 4.69) is 15.4 Å². The second-order valence-electron chi connectivity index (χ2n) is 7.24. The van der Waals surface area contributed by atoms with Crippen LogP contribution >= 0.6 is 23.1 Å². The van der Waals surface area contributed by atoms with Gasteiger partial charge in [-0.2, -0.15) is 5.10 Å². The third-order valence-corrected chi connectivity index (χ3v) is 6.81. The third-order valence-electron chi connectivity index (χ3n) is 4.62. The summed E-state index contributed by atoms with van der Waals surface area (Å²) in [6.45, 7) is 3.40. The minimum Gasteiger partial charge on any atom is -0.452 e. The lowest BCUT2D eigenvalue weighted by Gasteiger charge is -2.11. The monoisotopic (exact) mass is 478 g/mol. The Bertz CT molecular complexity index is 1270. The second kappa shape index (κ2) is 10.5. The summed E-state index contributed by atoms with van der Waals surface area (Å²) in [4.78, 5) is 29.6. The van der Waals surface area contributed by atoms with E-state index in [-0.39, 0.29) is 0 Å². The molecule has 7 nitrogen and oxygen atoms in total. The van der Waals surface area contributed by atoms with Gasteiger partial charge in [-0.15, -0.1) is 11.3 Å². The van der Waals surface area contributed by atoms with Gasteiger partial charge in [0.1, 0.15) is 10.2 Å². The number of hydrogen-bond acceptors (Lipinski definition) is 7. The molecule has 1 N–H and O–H groups in total. The molecule has 168 valence electrons. The van der Waals surface area contributed by atoms with Crippen molar-refractivity contribution in [2.45, 2.75) is 23.9 Å². The summed E-state index contributed by atoms with van der Waals surface area (Å²) in [6.07, 6.45) is 0. The maximum absolute atomic E-state index is 12.7. The van der Waals surface area contributed by atoms with Crippen LogP contribution in [0.1, 0.15) is 27.3 Å². The molecule has 0 spiro atoms. The molecular weight excluding hydrogens is 456 g/mol. The standard InChI is InChI=1S/C24H22N4O3S2/c1-16-12-21(28(27-16)19-9-4-3-5-10-19)26-22(29)13-31-23(30)20-11-7-6-8-18(20)15-33-24-25-17(2)14-32-24/h3-12,14H,13,15H2,1-2H3,(H,26,29). The van der Waals surface area contributed by atoms with Crippen molar-refractivity contribution in [3.05, 3.63) is 88.6 Å². The van der Waals surface area contributed by atoms with Crippen molar-refractivity contribution >= 4 is 40.8 Å². The Kier molecular flexibility index (Phi) is 7.21. The summed E-state index contributed by atoms with van der Waals surface area (Å²) in [5.41, 5.74) is 3.83. The molecule has 4 rings (SSSR count). The normalized spacial score (nSPS) is 10.7. The number of thioether (sulfide) groups is 1. The van der Waals surface area contributed by atoms with Gasteiger partial charge in [-0.3, -0.25) is 4.79 Å². The van der Waals surface area contributed by atoms with Crippen LogP contribution in [-0.2, 0) is 15.3 Å². The maximum atomic E-state index is 12.7. The highest BCUT2D eigenvalue weighted by molar-refractivity contribution is 8.00.